The standard InChI is InChI=1S/C49H42N2Si/c1-49-32-18-17-31-48(49)51(47-30-16-13-27-44(47)49)37-33-36(50-45-28-14-11-25-42(45)43-26-12-15-29-46(43)50)34-41(35-37)52(38-19-5-2-6-20-38,39-21-7-3-8-22-39)40-23-9-4-10-24-40/h2-35,42-43,45-46,48H,1H3. The van der Waals surface area contributed by atoms with Gasteiger partial charge in [-0.2, -0.15) is 0 Å². The van der Waals surface area contributed by atoms with E-state index in [0.717, 1.165) is 0 Å². The minimum absolute atomic E-state index is 0.133. The second-order valence-corrected chi connectivity index (χ2v) is 18.8. The second-order valence-electron chi connectivity index (χ2n) is 15.0. The molecule has 1 fully saturated rings. The maximum Gasteiger partial charge on any atom is 0.179 e. The quantitative estimate of drug-likeness (QED) is 0.132. The predicted molar refractivity (Wildman–Crippen MR) is 222 cm³/mol. The van der Waals surface area contributed by atoms with E-state index in [2.05, 4.69) is 223 Å². The van der Waals surface area contributed by atoms with Crippen LogP contribution in [0.1, 0.15) is 12.5 Å². The largest absolute Gasteiger partial charge is 0.357 e. The number of hydrogen-bond donors (Lipinski definition) is 0. The molecule has 6 atom stereocenters. The maximum atomic E-state index is 2.74. The van der Waals surface area contributed by atoms with E-state index in [-0.39, 0.29) is 23.5 Å². The van der Waals surface area contributed by atoms with Crippen molar-refractivity contribution in [1.82, 2.24) is 0 Å². The lowest BCUT2D eigenvalue weighted by atomic mass is 9.76. The van der Waals surface area contributed by atoms with E-state index in [1.165, 1.54) is 43.4 Å². The zero-order chi connectivity index (χ0) is 34.7. The Bertz CT molecular complexity index is 2190. The first-order valence-electron chi connectivity index (χ1n) is 18.7. The molecule has 5 aromatic rings. The highest BCUT2D eigenvalue weighted by Crippen LogP contribution is 2.52. The van der Waals surface area contributed by atoms with Crippen LogP contribution in [0.2, 0.25) is 0 Å². The van der Waals surface area contributed by atoms with Gasteiger partial charge in [0.2, 0.25) is 0 Å². The van der Waals surface area contributed by atoms with Crippen molar-refractivity contribution in [1.29, 1.82) is 0 Å². The Labute approximate surface area is 308 Å². The van der Waals surface area contributed by atoms with Gasteiger partial charge >= 0.3 is 0 Å². The molecule has 0 spiro atoms. The van der Waals surface area contributed by atoms with Gasteiger partial charge in [-0.15, -0.1) is 0 Å². The summed E-state index contributed by atoms with van der Waals surface area (Å²) in [5.41, 5.74) is 5.08. The van der Waals surface area contributed by atoms with Gasteiger partial charge in [-0.3, -0.25) is 0 Å². The molecule has 52 heavy (non-hydrogen) atoms. The monoisotopic (exact) mass is 686 g/mol. The molecular weight excluding hydrogens is 645 g/mol. The zero-order valence-electron chi connectivity index (χ0n) is 29.4. The molecule has 3 aliphatic carbocycles. The summed E-state index contributed by atoms with van der Waals surface area (Å²) in [6.07, 6.45) is 28.0. The number of rotatable bonds is 6. The van der Waals surface area contributed by atoms with Gasteiger partial charge in [-0.05, 0) is 57.5 Å². The highest BCUT2D eigenvalue weighted by molar-refractivity contribution is 7.20. The summed E-state index contributed by atoms with van der Waals surface area (Å²) in [4.78, 5) is 5.38. The van der Waals surface area contributed by atoms with Crippen LogP contribution in [-0.4, -0.2) is 26.2 Å². The van der Waals surface area contributed by atoms with Crippen LogP contribution in [0, 0.1) is 11.8 Å². The Morgan fingerprint density at radius 2 is 0.981 bits per heavy atom. The molecule has 3 heteroatoms. The first kappa shape index (κ1) is 31.1. The van der Waals surface area contributed by atoms with E-state index in [9.17, 15) is 0 Å². The summed E-state index contributed by atoms with van der Waals surface area (Å²) in [6.45, 7) is 2.41. The summed E-state index contributed by atoms with van der Waals surface area (Å²) in [5.74, 6) is 0.842. The van der Waals surface area contributed by atoms with Gasteiger partial charge in [0.25, 0.3) is 0 Å². The molecule has 0 bridgehead atoms. The van der Waals surface area contributed by atoms with Crippen LogP contribution in [-0.2, 0) is 5.41 Å². The minimum Gasteiger partial charge on any atom is -0.357 e. The first-order chi connectivity index (χ1) is 25.7. The topological polar surface area (TPSA) is 6.48 Å². The van der Waals surface area contributed by atoms with Crippen molar-refractivity contribution < 1.29 is 0 Å². The molecular formula is C49H42N2Si. The fourth-order valence-corrected chi connectivity index (χ4v) is 14.9. The van der Waals surface area contributed by atoms with E-state index < -0.39 is 8.07 Å². The molecule has 0 amide bonds. The molecule has 1 saturated heterocycles. The van der Waals surface area contributed by atoms with Crippen LogP contribution < -0.4 is 30.5 Å². The Hall–Kier alpha value is -5.64. The van der Waals surface area contributed by atoms with Gasteiger partial charge in [0, 0.05) is 34.3 Å². The summed E-state index contributed by atoms with van der Waals surface area (Å²) in [7, 11) is -2.85. The van der Waals surface area contributed by atoms with E-state index in [0.29, 0.717) is 11.8 Å². The van der Waals surface area contributed by atoms with Crippen LogP contribution in [0.25, 0.3) is 0 Å². The van der Waals surface area contributed by atoms with Crippen LogP contribution in [0.3, 0.4) is 0 Å². The molecule has 2 aliphatic heterocycles. The van der Waals surface area contributed by atoms with Crippen LogP contribution in [0.4, 0.5) is 17.1 Å². The third-order valence-electron chi connectivity index (χ3n) is 12.4. The van der Waals surface area contributed by atoms with Gasteiger partial charge < -0.3 is 9.80 Å². The molecule has 0 radical (unpaired) electrons. The Kier molecular flexibility index (Phi) is 7.33. The van der Waals surface area contributed by atoms with Crippen LogP contribution in [0.15, 0.2) is 206 Å². The van der Waals surface area contributed by atoms with E-state index >= 15 is 0 Å². The molecule has 2 heterocycles. The fourth-order valence-electron chi connectivity index (χ4n) is 10.1. The second kappa shape index (κ2) is 12.2. The van der Waals surface area contributed by atoms with Gasteiger partial charge in [0.05, 0.1) is 18.1 Å². The smallest absolute Gasteiger partial charge is 0.179 e. The lowest BCUT2D eigenvalue weighted by molar-refractivity contribution is 0.527. The lowest BCUT2D eigenvalue weighted by Gasteiger charge is -2.39. The molecule has 5 aliphatic rings. The number of anilines is 3. The zero-order valence-corrected chi connectivity index (χ0v) is 30.4. The van der Waals surface area contributed by atoms with Gasteiger partial charge in [-0.1, -0.05) is 182 Å². The normalized spacial score (nSPS) is 26.3. The number of nitrogens with zero attached hydrogens (tertiary/aromatic N) is 2. The van der Waals surface area contributed by atoms with Crippen LogP contribution in [0.5, 0.6) is 0 Å². The SMILES string of the molecule is CC12C=CC=CC1N(c1cc(N3C4C=CC=CC4C4C=CC=CC43)cc([Si](c3ccccc3)(c3ccccc3)c3ccccc3)c1)c1ccccc12. The number of hydrogen-bond acceptors (Lipinski definition) is 2. The average Bonchev–Trinajstić information content (AvgIpc) is 3.69. The third-order valence-corrected chi connectivity index (χ3v) is 17.1. The summed E-state index contributed by atoms with van der Waals surface area (Å²) in [5, 5.41) is 5.57. The van der Waals surface area contributed by atoms with Crippen molar-refractivity contribution in [3.05, 3.63) is 212 Å². The van der Waals surface area contributed by atoms with E-state index in [1.54, 1.807) is 0 Å². The minimum atomic E-state index is -2.85. The molecule has 0 aromatic heterocycles. The Morgan fingerprint density at radius 1 is 0.481 bits per heavy atom. The summed E-state index contributed by atoms with van der Waals surface area (Å²) < 4.78 is 0. The third kappa shape index (κ3) is 4.55. The fraction of sp³-hybridized carbons (Fsp3) is 0.143. The highest BCUT2D eigenvalue weighted by atomic mass is 28.3. The summed E-state index contributed by atoms with van der Waals surface area (Å²) >= 11 is 0. The number of fused-ring (bicyclic) bond motifs is 6. The lowest BCUT2D eigenvalue weighted by Crippen LogP contribution is -2.74. The van der Waals surface area contributed by atoms with Gasteiger partial charge in [0.1, 0.15) is 0 Å². The average molecular weight is 687 g/mol. The predicted octanol–water partition coefficient (Wildman–Crippen LogP) is 8.01. The van der Waals surface area contributed by atoms with Crippen molar-refractivity contribution in [2.45, 2.75) is 30.5 Å². The van der Waals surface area contributed by atoms with E-state index in [4.69, 9.17) is 0 Å². The number of para-hydroxylation sites is 1. The van der Waals surface area contributed by atoms with Crippen molar-refractivity contribution >= 4 is 45.9 Å². The van der Waals surface area contributed by atoms with Crippen molar-refractivity contribution in [2.75, 3.05) is 9.80 Å². The molecule has 0 saturated carbocycles. The van der Waals surface area contributed by atoms with Gasteiger partial charge in [-0.25, -0.2) is 0 Å². The molecule has 5 aromatic carbocycles. The number of allylic oxidation sites excluding steroid dienone is 6. The maximum absolute atomic E-state index is 2.85. The molecule has 2 nitrogen and oxygen atoms in total. The molecule has 0 N–H and O–H groups in total. The molecule has 252 valence electrons. The first-order valence-corrected chi connectivity index (χ1v) is 20.7. The van der Waals surface area contributed by atoms with Gasteiger partial charge in [0.15, 0.2) is 8.07 Å². The highest BCUT2D eigenvalue weighted by Gasteiger charge is 2.50. The van der Waals surface area contributed by atoms with Crippen molar-refractivity contribution in [3.63, 3.8) is 0 Å². The van der Waals surface area contributed by atoms with Crippen LogP contribution >= 0.6 is 0 Å². The molecule has 10 rings (SSSR count). The molecule has 6 unspecified atom stereocenters. The van der Waals surface area contributed by atoms with E-state index in [1.807, 2.05) is 0 Å². The summed E-state index contributed by atoms with van der Waals surface area (Å²) in [6, 6.07) is 51.5. The number of benzene rings is 5. The van der Waals surface area contributed by atoms with Crippen molar-refractivity contribution in [3.8, 4) is 0 Å². The Balaban J connectivity index is 1.29. The van der Waals surface area contributed by atoms with Crippen molar-refractivity contribution in [2.24, 2.45) is 11.8 Å². The Morgan fingerprint density at radius 3 is 1.58 bits per heavy atom.